The Hall–Kier alpha value is -1.11. The Morgan fingerprint density at radius 3 is 2.86 bits per heavy atom. The van der Waals surface area contributed by atoms with Crippen LogP contribution in [0.25, 0.3) is 0 Å². The van der Waals surface area contributed by atoms with Crippen LogP contribution >= 0.6 is 34.7 Å². The molecule has 0 saturated heterocycles. The van der Waals surface area contributed by atoms with E-state index in [4.69, 9.17) is 11.6 Å². The highest BCUT2D eigenvalue weighted by atomic mass is 35.5. The van der Waals surface area contributed by atoms with Crippen molar-refractivity contribution in [1.82, 2.24) is 10.2 Å². The van der Waals surface area contributed by atoms with Gasteiger partial charge < -0.3 is 5.32 Å². The quantitative estimate of drug-likeness (QED) is 0.622. The monoisotopic (exact) mass is 341 g/mol. The van der Waals surface area contributed by atoms with Gasteiger partial charge in [0, 0.05) is 17.2 Å². The minimum absolute atomic E-state index is 0.0243. The van der Waals surface area contributed by atoms with Gasteiger partial charge in [0.15, 0.2) is 4.34 Å². The average Bonchev–Trinajstić information content (AvgIpc) is 2.84. The van der Waals surface area contributed by atoms with E-state index < -0.39 is 0 Å². The molecule has 0 aliphatic heterocycles. The summed E-state index contributed by atoms with van der Waals surface area (Å²) < 4.78 is 0.815. The van der Waals surface area contributed by atoms with Crippen LogP contribution < -0.4 is 5.32 Å². The second-order valence-electron chi connectivity index (χ2n) is 4.90. The van der Waals surface area contributed by atoms with Crippen molar-refractivity contribution in [3.05, 3.63) is 34.9 Å². The van der Waals surface area contributed by atoms with Crippen molar-refractivity contribution in [2.24, 2.45) is 5.92 Å². The number of nitrogens with one attached hydrogen (secondary N) is 1. The van der Waals surface area contributed by atoms with Crippen molar-refractivity contribution < 1.29 is 4.79 Å². The maximum absolute atomic E-state index is 11.7. The second-order valence-corrected chi connectivity index (χ2v) is 7.51. The lowest BCUT2D eigenvalue weighted by Gasteiger charge is -2.03. The van der Waals surface area contributed by atoms with Gasteiger partial charge in [-0.15, -0.1) is 10.2 Å². The van der Waals surface area contributed by atoms with Gasteiger partial charge in [-0.3, -0.25) is 4.79 Å². The first-order valence-electron chi connectivity index (χ1n) is 6.54. The van der Waals surface area contributed by atoms with E-state index in [1.807, 2.05) is 38.1 Å². The number of aromatic nitrogens is 2. The van der Waals surface area contributed by atoms with Crippen LogP contribution in [0.1, 0.15) is 25.8 Å². The predicted molar refractivity (Wildman–Crippen MR) is 89.0 cm³/mol. The Morgan fingerprint density at radius 2 is 2.14 bits per heavy atom. The first kappa shape index (κ1) is 16.3. The van der Waals surface area contributed by atoms with Crippen LogP contribution in [0.2, 0.25) is 5.02 Å². The summed E-state index contributed by atoms with van der Waals surface area (Å²) >= 11 is 9.05. The molecule has 7 heteroatoms. The summed E-state index contributed by atoms with van der Waals surface area (Å²) in [6.45, 7) is 4.01. The molecular formula is C14H16ClN3OS2. The molecule has 0 bridgehead atoms. The lowest BCUT2D eigenvalue weighted by molar-refractivity contribution is -0.116. The van der Waals surface area contributed by atoms with Crippen molar-refractivity contribution in [2.45, 2.75) is 30.4 Å². The Morgan fingerprint density at radius 1 is 1.38 bits per heavy atom. The molecule has 2 rings (SSSR count). The van der Waals surface area contributed by atoms with E-state index in [2.05, 4.69) is 15.5 Å². The van der Waals surface area contributed by atoms with Gasteiger partial charge in [0.25, 0.3) is 0 Å². The number of amides is 1. The molecule has 1 amide bonds. The van der Waals surface area contributed by atoms with Crippen LogP contribution in [0.5, 0.6) is 0 Å². The van der Waals surface area contributed by atoms with E-state index in [0.29, 0.717) is 17.5 Å². The molecule has 2 aromatic rings. The summed E-state index contributed by atoms with van der Waals surface area (Å²) in [5.74, 6) is 1.03. The van der Waals surface area contributed by atoms with Crippen molar-refractivity contribution in [1.29, 1.82) is 0 Å². The SMILES string of the molecule is CC(C)CC(=O)Nc1nnc(SCc2ccccc2Cl)s1. The summed E-state index contributed by atoms with van der Waals surface area (Å²) in [5.41, 5.74) is 1.06. The zero-order valence-corrected chi connectivity index (χ0v) is 14.2. The maximum atomic E-state index is 11.7. The third-order valence-electron chi connectivity index (χ3n) is 2.56. The number of anilines is 1. The number of hydrogen-bond acceptors (Lipinski definition) is 5. The minimum Gasteiger partial charge on any atom is -0.300 e. The van der Waals surface area contributed by atoms with Crippen LogP contribution in [0, 0.1) is 5.92 Å². The van der Waals surface area contributed by atoms with Gasteiger partial charge >= 0.3 is 0 Å². The highest BCUT2D eigenvalue weighted by Crippen LogP contribution is 2.30. The molecule has 0 fully saturated rings. The fourth-order valence-electron chi connectivity index (χ4n) is 1.61. The number of rotatable bonds is 6. The molecule has 4 nitrogen and oxygen atoms in total. The lowest BCUT2D eigenvalue weighted by atomic mass is 10.1. The van der Waals surface area contributed by atoms with E-state index in [-0.39, 0.29) is 5.91 Å². The van der Waals surface area contributed by atoms with Crippen LogP contribution in [0.15, 0.2) is 28.6 Å². The summed E-state index contributed by atoms with van der Waals surface area (Å²) in [5, 5.41) is 12.1. The molecule has 1 heterocycles. The Balaban J connectivity index is 1.89. The molecule has 0 spiro atoms. The summed E-state index contributed by atoms with van der Waals surface area (Å²) in [6, 6.07) is 7.72. The van der Waals surface area contributed by atoms with Gasteiger partial charge in [0.05, 0.1) is 0 Å². The van der Waals surface area contributed by atoms with Crippen LogP contribution in [0.4, 0.5) is 5.13 Å². The fourth-order valence-corrected chi connectivity index (χ4v) is 3.67. The summed E-state index contributed by atoms with van der Waals surface area (Å²) in [4.78, 5) is 11.7. The van der Waals surface area contributed by atoms with Gasteiger partial charge in [-0.05, 0) is 17.5 Å². The Labute approximate surface area is 137 Å². The van der Waals surface area contributed by atoms with Crippen LogP contribution in [-0.4, -0.2) is 16.1 Å². The van der Waals surface area contributed by atoms with E-state index in [1.54, 1.807) is 11.8 Å². The molecular weight excluding hydrogens is 326 g/mol. The molecule has 1 N–H and O–H groups in total. The average molecular weight is 342 g/mol. The largest absolute Gasteiger partial charge is 0.300 e. The van der Waals surface area contributed by atoms with Gasteiger partial charge in [0.1, 0.15) is 0 Å². The van der Waals surface area contributed by atoms with Crippen molar-refractivity contribution in [3.63, 3.8) is 0 Å². The van der Waals surface area contributed by atoms with Gasteiger partial charge in [-0.2, -0.15) is 0 Å². The number of halogens is 1. The van der Waals surface area contributed by atoms with E-state index >= 15 is 0 Å². The maximum Gasteiger partial charge on any atom is 0.226 e. The number of thioether (sulfide) groups is 1. The summed E-state index contributed by atoms with van der Waals surface area (Å²) in [7, 11) is 0. The van der Waals surface area contributed by atoms with E-state index in [1.165, 1.54) is 11.3 Å². The van der Waals surface area contributed by atoms with Gasteiger partial charge in [-0.25, -0.2) is 0 Å². The Kier molecular flexibility index (Phi) is 6.02. The molecule has 0 radical (unpaired) electrons. The van der Waals surface area contributed by atoms with Gasteiger partial charge in [0.2, 0.25) is 11.0 Å². The highest BCUT2D eigenvalue weighted by Gasteiger charge is 2.10. The molecule has 112 valence electrons. The number of carbonyl (C=O) groups excluding carboxylic acids is 1. The molecule has 0 aliphatic carbocycles. The van der Waals surface area contributed by atoms with Crippen molar-refractivity contribution in [2.75, 3.05) is 5.32 Å². The first-order valence-corrected chi connectivity index (χ1v) is 8.72. The molecule has 0 aliphatic rings. The Bertz CT molecular complexity index is 616. The third kappa shape index (κ3) is 5.30. The summed E-state index contributed by atoms with van der Waals surface area (Å²) in [6.07, 6.45) is 0.488. The van der Waals surface area contributed by atoms with Crippen LogP contribution in [-0.2, 0) is 10.5 Å². The number of carbonyl (C=O) groups is 1. The van der Waals surface area contributed by atoms with Crippen molar-refractivity contribution in [3.8, 4) is 0 Å². The number of nitrogens with zero attached hydrogens (tertiary/aromatic N) is 2. The number of hydrogen-bond donors (Lipinski definition) is 1. The topological polar surface area (TPSA) is 54.9 Å². The minimum atomic E-state index is -0.0243. The second kappa shape index (κ2) is 7.77. The molecule has 1 aromatic carbocycles. The first-order chi connectivity index (χ1) is 10.0. The fraction of sp³-hybridized carbons (Fsp3) is 0.357. The van der Waals surface area contributed by atoms with Crippen LogP contribution in [0.3, 0.4) is 0 Å². The zero-order chi connectivity index (χ0) is 15.2. The lowest BCUT2D eigenvalue weighted by Crippen LogP contribution is -2.13. The van der Waals surface area contributed by atoms with Crippen molar-refractivity contribution >= 4 is 45.7 Å². The highest BCUT2D eigenvalue weighted by molar-refractivity contribution is 8.00. The molecule has 1 aromatic heterocycles. The number of benzene rings is 1. The normalized spacial score (nSPS) is 10.9. The standard InChI is InChI=1S/C14H16ClN3OS2/c1-9(2)7-12(19)16-13-17-18-14(21-13)20-8-10-5-3-4-6-11(10)15/h3-6,9H,7-8H2,1-2H3,(H,16,17,19). The van der Waals surface area contributed by atoms with E-state index in [0.717, 1.165) is 20.7 Å². The zero-order valence-electron chi connectivity index (χ0n) is 11.8. The smallest absolute Gasteiger partial charge is 0.226 e. The molecule has 0 unspecified atom stereocenters. The molecule has 21 heavy (non-hydrogen) atoms. The predicted octanol–water partition coefficient (Wildman–Crippen LogP) is 4.47. The van der Waals surface area contributed by atoms with E-state index in [9.17, 15) is 4.79 Å². The third-order valence-corrected chi connectivity index (χ3v) is 4.94. The molecule has 0 saturated carbocycles. The molecule has 0 atom stereocenters. The van der Waals surface area contributed by atoms with Gasteiger partial charge in [-0.1, -0.05) is 66.7 Å².